The monoisotopic (exact) mass is 259 g/mol. The zero-order chi connectivity index (χ0) is 13.1. The Kier molecular flexibility index (Phi) is 3.57. The number of aromatic nitrogens is 2. The van der Waals surface area contributed by atoms with Crippen LogP contribution in [0.4, 0.5) is 0 Å². The highest BCUT2D eigenvalue weighted by molar-refractivity contribution is 5.54. The molecule has 19 heavy (non-hydrogen) atoms. The normalized spacial score (nSPS) is 19.5. The molecular weight excluding hydrogens is 242 g/mol. The Morgan fingerprint density at radius 3 is 2.74 bits per heavy atom. The van der Waals surface area contributed by atoms with E-state index in [0.29, 0.717) is 18.3 Å². The smallest absolute Gasteiger partial charge is 0.256 e. The van der Waals surface area contributed by atoms with E-state index in [1.807, 2.05) is 24.3 Å². The first-order valence-corrected chi connectivity index (χ1v) is 6.61. The minimum absolute atomic E-state index is 0.0432. The molecule has 1 aromatic heterocycles. The van der Waals surface area contributed by atoms with Gasteiger partial charge in [-0.3, -0.25) is 0 Å². The van der Waals surface area contributed by atoms with Crippen LogP contribution in [0.25, 0.3) is 11.4 Å². The van der Waals surface area contributed by atoms with Crippen molar-refractivity contribution in [1.82, 2.24) is 10.1 Å². The van der Waals surface area contributed by atoms with Gasteiger partial charge in [-0.15, -0.1) is 0 Å². The molecule has 1 atom stereocenters. The number of nitrogens with two attached hydrogens (primary N) is 1. The predicted molar refractivity (Wildman–Crippen MR) is 70.2 cm³/mol. The Bertz CT molecular complexity index is 530. The summed E-state index contributed by atoms with van der Waals surface area (Å²) in [6.45, 7) is 1.31. The van der Waals surface area contributed by atoms with Gasteiger partial charge in [0.25, 0.3) is 5.89 Å². The molecule has 1 saturated heterocycles. The van der Waals surface area contributed by atoms with Gasteiger partial charge < -0.3 is 15.0 Å². The molecule has 3 rings (SSSR count). The molecule has 2 aromatic rings. The van der Waals surface area contributed by atoms with Gasteiger partial charge in [-0.1, -0.05) is 29.4 Å². The molecule has 0 spiro atoms. The molecule has 100 valence electrons. The van der Waals surface area contributed by atoms with E-state index >= 15 is 0 Å². The van der Waals surface area contributed by atoms with E-state index in [-0.39, 0.29) is 6.10 Å². The lowest BCUT2D eigenvalue weighted by molar-refractivity contribution is -0.00459. The number of nitrogens with zero attached hydrogens (tertiary/aromatic N) is 2. The van der Waals surface area contributed by atoms with E-state index in [2.05, 4.69) is 10.1 Å². The van der Waals surface area contributed by atoms with Crippen molar-refractivity contribution in [3.8, 4) is 11.4 Å². The molecule has 2 heterocycles. The van der Waals surface area contributed by atoms with Gasteiger partial charge in [0.15, 0.2) is 0 Å². The molecule has 1 aromatic carbocycles. The maximum Gasteiger partial charge on any atom is 0.256 e. The third-order valence-corrected chi connectivity index (χ3v) is 3.34. The Morgan fingerprint density at radius 1 is 1.21 bits per heavy atom. The van der Waals surface area contributed by atoms with Crippen LogP contribution in [0.15, 0.2) is 28.8 Å². The lowest BCUT2D eigenvalue weighted by Crippen LogP contribution is -2.11. The zero-order valence-electron chi connectivity index (χ0n) is 10.7. The average molecular weight is 259 g/mol. The van der Waals surface area contributed by atoms with E-state index in [9.17, 15) is 0 Å². The van der Waals surface area contributed by atoms with Gasteiger partial charge in [-0.25, -0.2) is 0 Å². The number of rotatable bonds is 3. The molecule has 1 aliphatic rings. The molecule has 1 fully saturated rings. The Morgan fingerprint density at radius 2 is 2.05 bits per heavy atom. The number of hydrogen-bond acceptors (Lipinski definition) is 5. The van der Waals surface area contributed by atoms with Crippen LogP contribution in [0.3, 0.4) is 0 Å². The van der Waals surface area contributed by atoms with Gasteiger partial charge in [-0.2, -0.15) is 4.98 Å². The molecule has 0 radical (unpaired) electrons. The van der Waals surface area contributed by atoms with Crippen molar-refractivity contribution in [2.24, 2.45) is 5.73 Å². The summed E-state index contributed by atoms with van der Waals surface area (Å²) in [5.74, 6) is 1.19. The van der Waals surface area contributed by atoms with Gasteiger partial charge >= 0.3 is 0 Å². The molecule has 5 heteroatoms. The molecule has 1 unspecified atom stereocenters. The van der Waals surface area contributed by atoms with Crippen molar-refractivity contribution in [3.05, 3.63) is 35.7 Å². The largest absolute Gasteiger partial charge is 0.368 e. The summed E-state index contributed by atoms with van der Waals surface area (Å²) in [5.41, 5.74) is 7.59. The molecule has 0 saturated carbocycles. The lowest BCUT2D eigenvalue weighted by atomic mass is 10.1. The topological polar surface area (TPSA) is 74.2 Å². The summed E-state index contributed by atoms with van der Waals surface area (Å²) in [6.07, 6.45) is 3.16. The van der Waals surface area contributed by atoms with Crippen molar-refractivity contribution in [2.75, 3.05) is 6.61 Å². The summed E-state index contributed by atoms with van der Waals surface area (Å²) < 4.78 is 10.9. The van der Waals surface area contributed by atoms with Crippen LogP contribution >= 0.6 is 0 Å². The third kappa shape index (κ3) is 2.67. The van der Waals surface area contributed by atoms with Gasteiger partial charge in [-0.05, 0) is 24.8 Å². The van der Waals surface area contributed by atoms with Gasteiger partial charge in [0.05, 0.1) is 0 Å². The number of ether oxygens (including phenoxy) is 1. The first-order chi connectivity index (χ1) is 9.36. The zero-order valence-corrected chi connectivity index (χ0v) is 10.7. The minimum atomic E-state index is -0.0432. The van der Waals surface area contributed by atoms with Crippen molar-refractivity contribution in [1.29, 1.82) is 0 Å². The van der Waals surface area contributed by atoms with E-state index in [4.69, 9.17) is 15.0 Å². The SMILES string of the molecule is NCc1ccc(-c2noc(C3CCCCO3)n2)cc1. The summed E-state index contributed by atoms with van der Waals surface area (Å²) in [5, 5.41) is 4.02. The number of benzene rings is 1. The van der Waals surface area contributed by atoms with Crippen molar-refractivity contribution in [2.45, 2.75) is 31.9 Å². The Hall–Kier alpha value is -1.72. The molecule has 0 amide bonds. The van der Waals surface area contributed by atoms with Crippen LogP contribution in [0.1, 0.15) is 36.8 Å². The second-order valence-corrected chi connectivity index (χ2v) is 4.71. The minimum Gasteiger partial charge on any atom is -0.368 e. The van der Waals surface area contributed by atoms with E-state index in [1.54, 1.807) is 0 Å². The predicted octanol–water partition coefficient (Wildman–Crippen LogP) is 2.44. The summed E-state index contributed by atoms with van der Waals surface area (Å²) in [7, 11) is 0. The van der Waals surface area contributed by atoms with Gasteiger partial charge in [0.1, 0.15) is 6.10 Å². The Balaban J connectivity index is 1.79. The average Bonchev–Trinajstić information content (AvgIpc) is 2.98. The summed E-state index contributed by atoms with van der Waals surface area (Å²) in [4.78, 5) is 4.43. The molecule has 0 aliphatic carbocycles. The maximum absolute atomic E-state index is 5.64. The van der Waals surface area contributed by atoms with Gasteiger partial charge in [0.2, 0.25) is 5.82 Å². The highest BCUT2D eigenvalue weighted by Gasteiger charge is 2.22. The molecular formula is C14H17N3O2. The second kappa shape index (κ2) is 5.50. The van der Waals surface area contributed by atoms with E-state index in [0.717, 1.165) is 37.0 Å². The fourth-order valence-electron chi connectivity index (χ4n) is 2.21. The molecule has 2 N–H and O–H groups in total. The van der Waals surface area contributed by atoms with Gasteiger partial charge in [0, 0.05) is 18.7 Å². The fraction of sp³-hybridized carbons (Fsp3) is 0.429. The third-order valence-electron chi connectivity index (χ3n) is 3.34. The highest BCUT2D eigenvalue weighted by Crippen LogP contribution is 2.28. The van der Waals surface area contributed by atoms with Crippen LogP contribution in [-0.4, -0.2) is 16.7 Å². The molecule has 5 nitrogen and oxygen atoms in total. The van der Waals surface area contributed by atoms with Crippen LogP contribution < -0.4 is 5.73 Å². The van der Waals surface area contributed by atoms with E-state index < -0.39 is 0 Å². The lowest BCUT2D eigenvalue weighted by Gasteiger charge is -2.18. The van der Waals surface area contributed by atoms with E-state index in [1.165, 1.54) is 0 Å². The first-order valence-electron chi connectivity index (χ1n) is 6.61. The molecule has 0 bridgehead atoms. The number of hydrogen-bond donors (Lipinski definition) is 1. The standard InChI is InChI=1S/C14H17N3O2/c15-9-10-4-6-11(7-5-10)13-16-14(19-17-13)12-3-1-2-8-18-12/h4-7,12H,1-3,8-9,15H2. The fourth-order valence-corrected chi connectivity index (χ4v) is 2.21. The Labute approximate surface area is 111 Å². The molecule has 1 aliphatic heterocycles. The van der Waals surface area contributed by atoms with Crippen molar-refractivity contribution < 1.29 is 9.26 Å². The highest BCUT2D eigenvalue weighted by atomic mass is 16.5. The van der Waals surface area contributed by atoms with Crippen molar-refractivity contribution in [3.63, 3.8) is 0 Å². The van der Waals surface area contributed by atoms with Crippen LogP contribution in [0.5, 0.6) is 0 Å². The summed E-state index contributed by atoms with van der Waals surface area (Å²) >= 11 is 0. The van der Waals surface area contributed by atoms with Crippen LogP contribution in [0, 0.1) is 0 Å². The first kappa shape index (κ1) is 12.3. The van der Waals surface area contributed by atoms with Crippen molar-refractivity contribution >= 4 is 0 Å². The van der Waals surface area contributed by atoms with Crippen LogP contribution in [0.2, 0.25) is 0 Å². The second-order valence-electron chi connectivity index (χ2n) is 4.71. The maximum atomic E-state index is 5.64. The quantitative estimate of drug-likeness (QED) is 0.916. The summed E-state index contributed by atoms with van der Waals surface area (Å²) in [6, 6.07) is 7.86. The van der Waals surface area contributed by atoms with Crippen LogP contribution in [-0.2, 0) is 11.3 Å².